The third kappa shape index (κ3) is 3.68. The van der Waals surface area contributed by atoms with Crippen LogP contribution in [0.25, 0.3) is 0 Å². The van der Waals surface area contributed by atoms with Crippen LogP contribution in [0.2, 0.25) is 0 Å². The summed E-state index contributed by atoms with van der Waals surface area (Å²) >= 11 is 0. The SMILES string of the molecule is CC(C)C/C=N/NC1NNCC2CCCCC21. The molecule has 0 aromatic rings. The maximum absolute atomic E-state index is 4.35. The van der Waals surface area contributed by atoms with Crippen LogP contribution in [0.15, 0.2) is 5.10 Å². The van der Waals surface area contributed by atoms with E-state index in [0.29, 0.717) is 12.1 Å². The monoisotopic (exact) mass is 238 g/mol. The first kappa shape index (κ1) is 12.8. The summed E-state index contributed by atoms with van der Waals surface area (Å²) in [4.78, 5) is 0. The van der Waals surface area contributed by atoms with Crippen molar-refractivity contribution < 1.29 is 0 Å². The number of hydrazone groups is 1. The number of rotatable bonds is 4. The van der Waals surface area contributed by atoms with E-state index in [0.717, 1.165) is 24.8 Å². The van der Waals surface area contributed by atoms with Crippen LogP contribution in [0, 0.1) is 17.8 Å². The van der Waals surface area contributed by atoms with Gasteiger partial charge in [0.1, 0.15) is 6.17 Å². The average molecular weight is 238 g/mol. The molecule has 2 rings (SSSR count). The Balaban J connectivity index is 1.80. The second-order valence-electron chi connectivity index (χ2n) is 5.78. The molecular formula is C13H26N4. The topological polar surface area (TPSA) is 48.5 Å². The molecule has 1 saturated heterocycles. The highest BCUT2D eigenvalue weighted by Gasteiger charge is 2.34. The van der Waals surface area contributed by atoms with E-state index < -0.39 is 0 Å². The molecule has 3 N–H and O–H groups in total. The lowest BCUT2D eigenvalue weighted by Crippen LogP contribution is -2.60. The minimum absolute atomic E-state index is 0.303. The summed E-state index contributed by atoms with van der Waals surface area (Å²) in [6.07, 6.45) is 8.81. The highest BCUT2D eigenvalue weighted by atomic mass is 15.5. The van der Waals surface area contributed by atoms with Gasteiger partial charge < -0.3 is 0 Å². The van der Waals surface area contributed by atoms with Crippen LogP contribution < -0.4 is 16.3 Å². The van der Waals surface area contributed by atoms with Gasteiger partial charge >= 0.3 is 0 Å². The minimum Gasteiger partial charge on any atom is -0.292 e. The van der Waals surface area contributed by atoms with E-state index in [1.807, 2.05) is 6.21 Å². The van der Waals surface area contributed by atoms with Crippen molar-refractivity contribution in [1.82, 2.24) is 16.3 Å². The smallest absolute Gasteiger partial charge is 0.109 e. The van der Waals surface area contributed by atoms with Crippen molar-refractivity contribution in [3.8, 4) is 0 Å². The molecule has 0 bridgehead atoms. The summed E-state index contributed by atoms with van der Waals surface area (Å²) in [6.45, 7) is 5.53. The van der Waals surface area contributed by atoms with E-state index in [2.05, 4.69) is 35.2 Å². The predicted octanol–water partition coefficient (Wildman–Crippen LogP) is 1.85. The van der Waals surface area contributed by atoms with E-state index in [1.165, 1.54) is 25.7 Å². The Morgan fingerprint density at radius 3 is 3.00 bits per heavy atom. The summed E-state index contributed by atoms with van der Waals surface area (Å²) < 4.78 is 0. The molecule has 4 nitrogen and oxygen atoms in total. The zero-order valence-corrected chi connectivity index (χ0v) is 11.1. The molecule has 0 aromatic carbocycles. The molecular weight excluding hydrogens is 212 g/mol. The molecule has 98 valence electrons. The van der Waals surface area contributed by atoms with Crippen molar-refractivity contribution in [3.63, 3.8) is 0 Å². The van der Waals surface area contributed by atoms with E-state index in [9.17, 15) is 0 Å². The van der Waals surface area contributed by atoms with E-state index in [1.54, 1.807) is 0 Å². The lowest BCUT2D eigenvalue weighted by Gasteiger charge is -2.41. The van der Waals surface area contributed by atoms with Gasteiger partial charge in [0.25, 0.3) is 0 Å². The number of fused-ring (bicyclic) bond motifs is 1. The molecule has 0 radical (unpaired) electrons. The highest BCUT2D eigenvalue weighted by Crippen LogP contribution is 2.32. The Kier molecular flexibility index (Phi) is 4.80. The molecule has 1 aliphatic heterocycles. The van der Waals surface area contributed by atoms with Crippen LogP contribution in [-0.2, 0) is 0 Å². The highest BCUT2D eigenvalue weighted by molar-refractivity contribution is 5.56. The maximum atomic E-state index is 4.35. The van der Waals surface area contributed by atoms with Gasteiger partial charge in [-0.25, -0.2) is 5.43 Å². The quantitative estimate of drug-likeness (QED) is 0.517. The van der Waals surface area contributed by atoms with Gasteiger partial charge in [0.2, 0.25) is 0 Å². The average Bonchev–Trinajstić information content (AvgIpc) is 2.34. The van der Waals surface area contributed by atoms with Crippen molar-refractivity contribution in [2.24, 2.45) is 22.9 Å². The zero-order valence-electron chi connectivity index (χ0n) is 11.1. The van der Waals surface area contributed by atoms with Crippen molar-refractivity contribution in [3.05, 3.63) is 0 Å². The van der Waals surface area contributed by atoms with Crippen LogP contribution in [0.1, 0.15) is 46.0 Å². The van der Waals surface area contributed by atoms with Gasteiger partial charge in [-0.1, -0.05) is 26.7 Å². The van der Waals surface area contributed by atoms with E-state index in [4.69, 9.17) is 0 Å². The fourth-order valence-electron chi connectivity index (χ4n) is 2.86. The van der Waals surface area contributed by atoms with E-state index in [-0.39, 0.29) is 0 Å². The van der Waals surface area contributed by atoms with Crippen molar-refractivity contribution in [1.29, 1.82) is 0 Å². The molecule has 4 heteroatoms. The Bertz CT molecular complexity index is 250. The third-order valence-corrected chi connectivity index (χ3v) is 3.90. The molecule has 1 heterocycles. The number of hydrogen-bond acceptors (Lipinski definition) is 4. The molecule has 1 aliphatic carbocycles. The number of nitrogens with zero attached hydrogens (tertiary/aromatic N) is 1. The largest absolute Gasteiger partial charge is 0.292 e. The van der Waals surface area contributed by atoms with Crippen LogP contribution in [0.3, 0.4) is 0 Å². The Hall–Kier alpha value is -0.610. The van der Waals surface area contributed by atoms with Crippen LogP contribution in [0.4, 0.5) is 0 Å². The minimum atomic E-state index is 0.303. The molecule has 2 fully saturated rings. The molecule has 1 saturated carbocycles. The second kappa shape index (κ2) is 6.36. The number of hydrazine groups is 1. The predicted molar refractivity (Wildman–Crippen MR) is 71.5 cm³/mol. The summed E-state index contributed by atoms with van der Waals surface area (Å²) in [6, 6.07) is 0. The molecule has 17 heavy (non-hydrogen) atoms. The molecule has 2 aliphatic rings. The number of hydrogen-bond donors (Lipinski definition) is 3. The normalized spacial score (nSPS) is 33.9. The van der Waals surface area contributed by atoms with Gasteiger partial charge in [-0.05, 0) is 37.0 Å². The summed E-state index contributed by atoms with van der Waals surface area (Å²) in [5.41, 5.74) is 9.90. The Labute approximate surface area is 105 Å². The lowest BCUT2D eigenvalue weighted by atomic mass is 9.77. The standard InChI is InChI=1S/C13H26N4/c1-10(2)7-8-14-16-13-12-6-4-3-5-11(12)9-15-17-13/h8,10-13,15-17H,3-7,9H2,1-2H3/b14-8+. The zero-order chi connectivity index (χ0) is 12.1. The van der Waals surface area contributed by atoms with Gasteiger partial charge in [-0.15, -0.1) is 0 Å². The summed E-state index contributed by atoms with van der Waals surface area (Å²) in [5, 5.41) is 4.35. The second-order valence-corrected chi connectivity index (χ2v) is 5.78. The van der Waals surface area contributed by atoms with Crippen LogP contribution in [-0.4, -0.2) is 18.9 Å². The Morgan fingerprint density at radius 1 is 1.35 bits per heavy atom. The summed E-state index contributed by atoms with van der Waals surface area (Å²) in [5.74, 6) is 2.24. The van der Waals surface area contributed by atoms with E-state index >= 15 is 0 Å². The van der Waals surface area contributed by atoms with Crippen LogP contribution in [0.5, 0.6) is 0 Å². The van der Waals surface area contributed by atoms with Crippen molar-refractivity contribution in [2.75, 3.05) is 6.54 Å². The molecule has 0 spiro atoms. The first-order valence-corrected chi connectivity index (χ1v) is 7.03. The van der Waals surface area contributed by atoms with Gasteiger partial charge in [0.05, 0.1) is 0 Å². The maximum Gasteiger partial charge on any atom is 0.109 e. The fraction of sp³-hybridized carbons (Fsp3) is 0.923. The first-order chi connectivity index (χ1) is 8.27. The van der Waals surface area contributed by atoms with Crippen molar-refractivity contribution in [2.45, 2.75) is 52.1 Å². The fourth-order valence-corrected chi connectivity index (χ4v) is 2.86. The first-order valence-electron chi connectivity index (χ1n) is 7.03. The lowest BCUT2D eigenvalue weighted by molar-refractivity contribution is 0.0996. The molecule has 3 atom stereocenters. The number of nitrogens with one attached hydrogen (secondary N) is 3. The van der Waals surface area contributed by atoms with Gasteiger partial charge in [0.15, 0.2) is 0 Å². The molecule has 3 unspecified atom stereocenters. The molecule has 0 amide bonds. The summed E-state index contributed by atoms with van der Waals surface area (Å²) in [7, 11) is 0. The van der Waals surface area contributed by atoms with Crippen LogP contribution >= 0.6 is 0 Å². The van der Waals surface area contributed by atoms with Gasteiger partial charge in [0, 0.05) is 12.8 Å². The molecule has 0 aromatic heterocycles. The Morgan fingerprint density at radius 2 is 2.18 bits per heavy atom. The van der Waals surface area contributed by atoms with Gasteiger partial charge in [-0.2, -0.15) is 5.10 Å². The van der Waals surface area contributed by atoms with Crippen molar-refractivity contribution >= 4 is 6.21 Å². The van der Waals surface area contributed by atoms with Gasteiger partial charge in [-0.3, -0.25) is 10.9 Å². The third-order valence-electron chi connectivity index (χ3n) is 3.90.